The third kappa shape index (κ3) is 7.33. The number of carbonyl (C=O) groups excluding carboxylic acids is 2. The van der Waals surface area contributed by atoms with Gasteiger partial charge >= 0.3 is 11.9 Å². The zero-order valence-corrected chi connectivity index (χ0v) is 22.6. The third-order valence-corrected chi connectivity index (χ3v) is 5.35. The van der Waals surface area contributed by atoms with E-state index >= 15 is 0 Å². The van der Waals surface area contributed by atoms with Crippen LogP contribution in [0, 0.1) is 0 Å². The zero-order valence-electron chi connectivity index (χ0n) is 22.6. The van der Waals surface area contributed by atoms with Crippen molar-refractivity contribution in [1.29, 1.82) is 0 Å². The van der Waals surface area contributed by atoms with Gasteiger partial charge in [-0.05, 0) is 30.7 Å². The molecule has 0 fully saturated rings. The van der Waals surface area contributed by atoms with Crippen LogP contribution in [0.2, 0.25) is 0 Å². The predicted octanol–water partition coefficient (Wildman–Crippen LogP) is 4.52. The maximum Gasteiger partial charge on any atom is 0.377 e. The molecule has 0 saturated heterocycles. The maximum absolute atomic E-state index is 12.8. The fraction of sp³-hybridized carbons (Fsp3) is 0.462. The summed E-state index contributed by atoms with van der Waals surface area (Å²) in [5, 5.41) is 0. The summed E-state index contributed by atoms with van der Waals surface area (Å²) in [4.78, 5) is 45.9. The Morgan fingerprint density at radius 1 is 0.605 bits per heavy atom. The molecule has 0 N–H and O–H groups in total. The first kappa shape index (κ1) is 30.3. The molecule has 2 rings (SSSR count). The van der Waals surface area contributed by atoms with Gasteiger partial charge in [0.05, 0.1) is 42.7 Å². The molecule has 0 radical (unpaired) electrons. The lowest BCUT2D eigenvalue weighted by Gasteiger charge is -2.18. The first-order chi connectivity index (χ1) is 18.4. The topological polar surface area (TPSA) is 126 Å². The number of unbranched alkanes of at least 4 members (excludes halogenated alkanes) is 2. The lowest BCUT2D eigenvalue weighted by atomic mass is 10.1. The van der Waals surface area contributed by atoms with E-state index in [0.717, 1.165) is 12.8 Å². The largest absolute Gasteiger partial charge is 0.493 e. The number of benzene rings is 2. The molecule has 0 unspecified atom stereocenters. The standard InChI is InChI=1S/C26H34O12/c1-8-9-10-11-20(35-37-25(27)16-12-14-18(29-2)23(33-6)21(16)31-4)36-38-26(28)17-13-15-19(30-3)24(34-7)22(17)32-5/h12-15,20H,8-11H2,1-7H3. The minimum Gasteiger partial charge on any atom is -0.493 e. The molecule has 0 aliphatic carbocycles. The predicted molar refractivity (Wildman–Crippen MR) is 133 cm³/mol. The van der Waals surface area contributed by atoms with Crippen molar-refractivity contribution in [2.45, 2.75) is 38.9 Å². The fourth-order valence-electron chi connectivity index (χ4n) is 3.48. The van der Waals surface area contributed by atoms with Gasteiger partial charge in [0, 0.05) is 6.42 Å². The van der Waals surface area contributed by atoms with Crippen LogP contribution in [0.4, 0.5) is 0 Å². The van der Waals surface area contributed by atoms with Crippen molar-refractivity contribution in [2.75, 3.05) is 42.7 Å². The number of carbonyl (C=O) groups is 2. The molecule has 210 valence electrons. The van der Waals surface area contributed by atoms with Crippen LogP contribution in [0.1, 0.15) is 53.3 Å². The molecule has 0 bridgehead atoms. The summed E-state index contributed by atoms with van der Waals surface area (Å²) in [7, 11) is 8.46. The van der Waals surface area contributed by atoms with Crippen molar-refractivity contribution in [2.24, 2.45) is 0 Å². The average Bonchev–Trinajstić information content (AvgIpc) is 2.95. The molecular formula is C26H34O12. The summed E-state index contributed by atoms with van der Waals surface area (Å²) in [5.74, 6) is -0.456. The van der Waals surface area contributed by atoms with Gasteiger partial charge in [0.2, 0.25) is 17.8 Å². The summed E-state index contributed by atoms with van der Waals surface area (Å²) in [6.45, 7) is 2.02. The minimum absolute atomic E-state index is 0.0181. The summed E-state index contributed by atoms with van der Waals surface area (Å²) in [6, 6.07) is 5.90. The van der Waals surface area contributed by atoms with Crippen molar-refractivity contribution in [3.8, 4) is 34.5 Å². The lowest BCUT2D eigenvalue weighted by Crippen LogP contribution is -2.22. The molecule has 12 heteroatoms. The first-order valence-corrected chi connectivity index (χ1v) is 11.7. The van der Waals surface area contributed by atoms with Crippen LogP contribution in [0.3, 0.4) is 0 Å². The number of methoxy groups -OCH3 is 6. The average molecular weight is 539 g/mol. The van der Waals surface area contributed by atoms with Gasteiger partial charge in [-0.25, -0.2) is 9.59 Å². The van der Waals surface area contributed by atoms with E-state index in [1.807, 2.05) is 6.92 Å². The second kappa shape index (κ2) is 15.4. The van der Waals surface area contributed by atoms with E-state index in [0.29, 0.717) is 17.9 Å². The molecule has 0 heterocycles. The number of ether oxygens (including phenoxy) is 6. The summed E-state index contributed by atoms with van der Waals surface area (Å²) in [6.07, 6.45) is 1.46. The minimum atomic E-state index is -1.22. The summed E-state index contributed by atoms with van der Waals surface area (Å²) in [5.41, 5.74) is 0.0361. The van der Waals surface area contributed by atoms with Gasteiger partial charge < -0.3 is 28.4 Å². The molecule has 0 amide bonds. The molecule has 0 aliphatic rings. The molecule has 0 aromatic heterocycles. The third-order valence-electron chi connectivity index (χ3n) is 5.35. The van der Waals surface area contributed by atoms with Gasteiger partial charge in [0.25, 0.3) is 0 Å². The Morgan fingerprint density at radius 2 is 1.03 bits per heavy atom. The fourth-order valence-corrected chi connectivity index (χ4v) is 3.48. The Balaban J connectivity index is 2.16. The van der Waals surface area contributed by atoms with E-state index in [1.165, 1.54) is 66.9 Å². The van der Waals surface area contributed by atoms with Crippen molar-refractivity contribution in [1.82, 2.24) is 0 Å². The summed E-state index contributed by atoms with van der Waals surface area (Å²) < 4.78 is 31.6. The van der Waals surface area contributed by atoms with Gasteiger partial charge in [0.1, 0.15) is 11.1 Å². The Hall–Kier alpha value is -3.90. The zero-order chi connectivity index (χ0) is 28.1. The molecule has 2 aromatic rings. The Bertz CT molecular complexity index is 989. The monoisotopic (exact) mass is 538 g/mol. The number of rotatable bonds is 16. The van der Waals surface area contributed by atoms with Crippen LogP contribution in [0.5, 0.6) is 34.5 Å². The molecule has 38 heavy (non-hydrogen) atoms. The molecular weight excluding hydrogens is 504 g/mol. The molecule has 0 atom stereocenters. The van der Waals surface area contributed by atoms with Gasteiger partial charge in [-0.15, -0.1) is 9.78 Å². The smallest absolute Gasteiger partial charge is 0.377 e. The van der Waals surface area contributed by atoms with E-state index < -0.39 is 18.2 Å². The summed E-state index contributed by atoms with van der Waals surface area (Å²) >= 11 is 0. The van der Waals surface area contributed by atoms with Crippen LogP contribution in [0.15, 0.2) is 24.3 Å². The highest BCUT2D eigenvalue weighted by Crippen LogP contribution is 2.41. The van der Waals surface area contributed by atoms with Gasteiger partial charge in [-0.3, -0.25) is 9.78 Å². The number of hydrogen-bond acceptors (Lipinski definition) is 12. The molecule has 12 nitrogen and oxygen atoms in total. The quantitative estimate of drug-likeness (QED) is 0.129. The Kier molecular flexibility index (Phi) is 12.3. The van der Waals surface area contributed by atoms with Gasteiger partial charge in [-0.1, -0.05) is 19.8 Å². The number of hydrogen-bond donors (Lipinski definition) is 0. The Morgan fingerprint density at radius 3 is 1.37 bits per heavy atom. The van der Waals surface area contributed by atoms with Crippen molar-refractivity contribution in [3.63, 3.8) is 0 Å². The maximum atomic E-state index is 12.8. The van der Waals surface area contributed by atoms with E-state index in [9.17, 15) is 9.59 Å². The molecule has 2 aromatic carbocycles. The first-order valence-electron chi connectivity index (χ1n) is 11.7. The lowest BCUT2D eigenvalue weighted by molar-refractivity contribution is -0.421. The molecule has 0 spiro atoms. The molecule has 0 aliphatic heterocycles. The highest BCUT2D eigenvalue weighted by molar-refractivity contribution is 5.94. The van der Waals surface area contributed by atoms with Crippen molar-refractivity contribution >= 4 is 11.9 Å². The highest BCUT2D eigenvalue weighted by atomic mass is 17.3. The van der Waals surface area contributed by atoms with Crippen LogP contribution >= 0.6 is 0 Å². The normalized spacial score (nSPS) is 10.5. The van der Waals surface area contributed by atoms with Gasteiger partial charge in [-0.2, -0.15) is 0 Å². The van der Waals surface area contributed by atoms with Crippen molar-refractivity contribution < 1.29 is 57.6 Å². The molecule has 0 saturated carbocycles. The van der Waals surface area contributed by atoms with Crippen LogP contribution in [-0.4, -0.2) is 60.9 Å². The Labute approximate surface area is 221 Å². The second-order valence-electron chi connectivity index (χ2n) is 7.62. The van der Waals surface area contributed by atoms with E-state index in [2.05, 4.69) is 0 Å². The van der Waals surface area contributed by atoms with Crippen LogP contribution in [0.25, 0.3) is 0 Å². The van der Waals surface area contributed by atoms with Crippen molar-refractivity contribution in [3.05, 3.63) is 35.4 Å². The highest BCUT2D eigenvalue weighted by Gasteiger charge is 2.26. The second-order valence-corrected chi connectivity index (χ2v) is 7.62. The SMILES string of the molecule is CCCCCC(OOC(=O)c1ccc(OC)c(OC)c1OC)OOC(=O)c1ccc(OC)c(OC)c1OC. The van der Waals surface area contributed by atoms with E-state index in [4.69, 9.17) is 48.0 Å². The van der Waals surface area contributed by atoms with Crippen LogP contribution < -0.4 is 28.4 Å². The van der Waals surface area contributed by atoms with E-state index in [1.54, 1.807) is 0 Å². The van der Waals surface area contributed by atoms with E-state index in [-0.39, 0.29) is 40.5 Å². The van der Waals surface area contributed by atoms with Gasteiger partial charge in [0.15, 0.2) is 23.0 Å². The van der Waals surface area contributed by atoms with Crippen LogP contribution in [-0.2, 0) is 19.6 Å².